The molecule has 1 aliphatic heterocycles. The Morgan fingerprint density at radius 1 is 1.21 bits per heavy atom. The van der Waals surface area contributed by atoms with Crippen LogP contribution in [0.1, 0.15) is 34.1 Å². The lowest BCUT2D eigenvalue weighted by Gasteiger charge is -2.27. The molecule has 1 aliphatic rings. The van der Waals surface area contributed by atoms with Crippen LogP contribution in [0, 0.1) is 0 Å². The summed E-state index contributed by atoms with van der Waals surface area (Å²) in [5.41, 5.74) is 5.91. The Labute approximate surface area is 114 Å². The molecule has 1 fully saturated rings. The maximum Gasteiger partial charge on any atom is 0.162 e. The summed E-state index contributed by atoms with van der Waals surface area (Å²) in [7, 11) is 1.61. The highest BCUT2D eigenvalue weighted by Gasteiger charge is 2.47. The van der Waals surface area contributed by atoms with Gasteiger partial charge in [0.25, 0.3) is 0 Å². The molecule has 19 heavy (non-hydrogen) atoms. The topological polar surface area (TPSA) is 53.7 Å². The smallest absolute Gasteiger partial charge is 0.162 e. The number of anilines is 1. The van der Waals surface area contributed by atoms with Crippen LogP contribution in [0.5, 0.6) is 11.5 Å². The minimum absolute atomic E-state index is 0.0139. The average Bonchev–Trinajstić information content (AvgIpc) is 2.49. The summed E-state index contributed by atoms with van der Waals surface area (Å²) in [6, 6.07) is 5.42. The van der Waals surface area contributed by atoms with Gasteiger partial charge in [0.15, 0.2) is 11.5 Å². The summed E-state index contributed by atoms with van der Waals surface area (Å²) in [6.07, 6.45) is 0.827. The second-order valence-corrected chi connectivity index (χ2v) is 6.19. The zero-order chi connectivity index (χ0) is 14.3. The molecule has 2 rings (SSSR count). The summed E-state index contributed by atoms with van der Waals surface area (Å²) in [5.74, 6) is 1.36. The van der Waals surface area contributed by atoms with Crippen LogP contribution in [0.2, 0.25) is 0 Å². The SMILES string of the molecule is COc1cc(N)ccc1OC1CC(C)(C)OC1(C)C. The fourth-order valence-corrected chi connectivity index (χ4v) is 2.63. The molecule has 1 heterocycles. The van der Waals surface area contributed by atoms with Crippen LogP contribution >= 0.6 is 0 Å². The minimum atomic E-state index is -0.324. The Kier molecular flexibility index (Phi) is 3.39. The molecule has 0 saturated carbocycles. The molecule has 0 radical (unpaired) electrons. The maximum absolute atomic E-state index is 6.10. The van der Waals surface area contributed by atoms with E-state index in [-0.39, 0.29) is 17.3 Å². The van der Waals surface area contributed by atoms with Crippen LogP contribution in [-0.2, 0) is 4.74 Å². The summed E-state index contributed by atoms with van der Waals surface area (Å²) < 4.78 is 17.4. The molecule has 0 spiro atoms. The van der Waals surface area contributed by atoms with E-state index in [0.29, 0.717) is 17.2 Å². The van der Waals surface area contributed by atoms with E-state index in [1.165, 1.54) is 0 Å². The molecule has 4 heteroatoms. The first-order valence-electron chi connectivity index (χ1n) is 6.54. The summed E-state index contributed by atoms with van der Waals surface area (Å²) in [5, 5.41) is 0. The van der Waals surface area contributed by atoms with Gasteiger partial charge in [0.2, 0.25) is 0 Å². The van der Waals surface area contributed by atoms with Crippen LogP contribution in [0.4, 0.5) is 5.69 Å². The number of hydrogen-bond acceptors (Lipinski definition) is 4. The Hall–Kier alpha value is -1.42. The van der Waals surface area contributed by atoms with Crippen LogP contribution in [-0.4, -0.2) is 24.4 Å². The number of methoxy groups -OCH3 is 1. The highest BCUT2D eigenvalue weighted by Crippen LogP contribution is 2.41. The maximum atomic E-state index is 6.10. The number of hydrogen-bond donors (Lipinski definition) is 1. The van der Waals surface area contributed by atoms with E-state index in [1.807, 2.05) is 12.1 Å². The van der Waals surface area contributed by atoms with Crippen molar-refractivity contribution < 1.29 is 14.2 Å². The highest BCUT2D eigenvalue weighted by molar-refractivity contribution is 5.52. The molecule has 106 valence electrons. The van der Waals surface area contributed by atoms with E-state index >= 15 is 0 Å². The highest BCUT2D eigenvalue weighted by atomic mass is 16.6. The normalized spacial score (nSPS) is 24.2. The Bertz CT molecular complexity index is 468. The molecular formula is C15H23NO3. The number of benzene rings is 1. The first kappa shape index (κ1) is 14.0. The lowest BCUT2D eigenvalue weighted by Crippen LogP contribution is -2.36. The molecule has 1 atom stereocenters. The van der Waals surface area contributed by atoms with Crippen molar-refractivity contribution in [3.63, 3.8) is 0 Å². The van der Waals surface area contributed by atoms with Gasteiger partial charge in [0, 0.05) is 18.2 Å². The van der Waals surface area contributed by atoms with Gasteiger partial charge < -0.3 is 19.9 Å². The number of nitrogens with two attached hydrogens (primary N) is 1. The molecule has 0 bridgehead atoms. The molecule has 1 aromatic carbocycles. The van der Waals surface area contributed by atoms with Gasteiger partial charge in [-0.15, -0.1) is 0 Å². The number of nitrogen functional groups attached to an aromatic ring is 1. The van der Waals surface area contributed by atoms with E-state index in [4.69, 9.17) is 19.9 Å². The second kappa shape index (κ2) is 4.60. The van der Waals surface area contributed by atoms with Gasteiger partial charge in [0.05, 0.1) is 12.7 Å². The van der Waals surface area contributed by atoms with Crippen molar-refractivity contribution in [2.75, 3.05) is 12.8 Å². The average molecular weight is 265 g/mol. The molecule has 0 aromatic heterocycles. The summed E-state index contributed by atoms with van der Waals surface area (Å²) in [6.45, 7) is 8.27. The van der Waals surface area contributed by atoms with Crippen molar-refractivity contribution in [1.82, 2.24) is 0 Å². The van der Waals surface area contributed by atoms with Crippen LogP contribution in [0.15, 0.2) is 18.2 Å². The molecule has 4 nitrogen and oxygen atoms in total. The zero-order valence-electron chi connectivity index (χ0n) is 12.3. The van der Waals surface area contributed by atoms with Crippen LogP contribution < -0.4 is 15.2 Å². The predicted molar refractivity (Wildman–Crippen MR) is 75.7 cm³/mol. The van der Waals surface area contributed by atoms with Crippen molar-refractivity contribution in [3.8, 4) is 11.5 Å². The molecule has 2 N–H and O–H groups in total. The predicted octanol–water partition coefficient (Wildman–Crippen LogP) is 3.00. The lowest BCUT2D eigenvalue weighted by atomic mass is 9.97. The molecule has 1 unspecified atom stereocenters. The molecule has 0 aliphatic carbocycles. The molecular weight excluding hydrogens is 242 g/mol. The van der Waals surface area contributed by atoms with Crippen molar-refractivity contribution >= 4 is 5.69 Å². The third-order valence-corrected chi connectivity index (χ3v) is 3.45. The Balaban J connectivity index is 2.22. The van der Waals surface area contributed by atoms with Crippen molar-refractivity contribution in [3.05, 3.63) is 18.2 Å². The van der Waals surface area contributed by atoms with E-state index in [1.54, 1.807) is 13.2 Å². The lowest BCUT2D eigenvalue weighted by molar-refractivity contribution is -0.0847. The van der Waals surface area contributed by atoms with E-state index in [9.17, 15) is 0 Å². The first-order chi connectivity index (χ1) is 8.73. The monoisotopic (exact) mass is 265 g/mol. The second-order valence-electron chi connectivity index (χ2n) is 6.19. The summed E-state index contributed by atoms with van der Waals surface area (Å²) >= 11 is 0. The van der Waals surface area contributed by atoms with Gasteiger partial charge in [-0.05, 0) is 39.8 Å². The van der Waals surface area contributed by atoms with Gasteiger partial charge in [-0.2, -0.15) is 0 Å². The zero-order valence-corrected chi connectivity index (χ0v) is 12.3. The molecule has 0 amide bonds. The number of rotatable bonds is 3. The van der Waals surface area contributed by atoms with E-state index in [0.717, 1.165) is 6.42 Å². The van der Waals surface area contributed by atoms with E-state index in [2.05, 4.69) is 27.7 Å². The number of ether oxygens (including phenoxy) is 3. The third kappa shape index (κ3) is 2.95. The van der Waals surface area contributed by atoms with Crippen molar-refractivity contribution in [2.45, 2.75) is 51.4 Å². The quantitative estimate of drug-likeness (QED) is 0.854. The molecule has 1 saturated heterocycles. The molecule has 1 aromatic rings. The van der Waals surface area contributed by atoms with Gasteiger partial charge in [-0.25, -0.2) is 0 Å². The Morgan fingerprint density at radius 3 is 2.42 bits per heavy atom. The third-order valence-electron chi connectivity index (χ3n) is 3.45. The van der Waals surface area contributed by atoms with Crippen molar-refractivity contribution in [1.29, 1.82) is 0 Å². The van der Waals surface area contributed by atoms with Gasteiger partial charge in [-0.1, -0.05) is 0 Å². The van der Waals surface area contributed by atoms with Gasteiger partial charge >= 0.3 is 0 Å². The van der Waals surface area contributed by atoms with Gasteiger partial charge in [0.1, 0.15) is 11.7 Å². The Morgan fingerprint density at radius 2 is 1.89 bits per heavy atom. The first-order valence-corrected chi connectivity index (χ1v) is 6.54. The van der Waals surface area contributed by atoms with Crippen molar-refractivity contribution in [2.24, 2.45) is 0 Å². The fraction of sp³-hybridized carbons (Fsp3) is 0.600. The standard InChI is InChI=1S/C15H23NO3/c1-14(2)9-13(15(3,4)19-14)18-11-7-6-10(16)8-12(11)17-5/h6-8,13H,9,16H2,1-5H3. The minimum Gasteiger partial charge on any atom is -0.493 e. The fourth-order valence-electron chi connectivity index (χ4n) is 2.63. The van der Waals surface area contributed by atoms with E-state index < -0.39 is 0 Å². The van der Waals surface area contributed by atoms with Crippen LogP contribution in [0.3, 0.4) is 0 Å². The van der Waals surface area contributed by atoms with Gasteiger partial charge in [-0.3, -0.25) is 0 Å². The largest absolute Gasteiger partial charge is 0.493 e. The van der Waals surface area contributed by atoms with Crippen LogP contribution in [0.25, 0.3) is 0 Å². The summed E-state index contributed by atoms with van der Waals surface area (Å²) in [4.78, 5) is 0.